The molecule has 2 heterocycles. The van der Waals surface area contributed by atoms with E-state index in [1.54, 1.807) is 4.90 Å². The summed E-state index contributed by atoms with van der Waals surface area (Å²) < 4.78 is 37.8. The molecule has 1 fully saturated rings. The molecular weight excluding hydrogens is 341 g/mol. The largest absolute Gasteiger partial charge is 0.445 e. The van der Waals surface area contributed by atoms with E-state index in [0.717, 1.165) is 5.56 Å². The number of aromatic nitrogens is 2. The Morgan fingerprint density at radius 2 is 1.75 bits per heavy atom. The van der Waals surface area contributed by atoms with Crippen molar-refractivity contribution in [3.8, 4) is 0 Å². The van der Waals surface area contributed by atoms with E-state index >= 15 is 0 Å². The molecule has 3 rings (SSSR count). The van der Waals surface area contributed by atoms with Gasteiger partial charge in [-0.3, -0.25) is 4.90 Å². The van der Waals surface area contributed by atoms with Gasteiger partial charge in [-0.15, -0.1) is 10.2 Å². The van der Waals surface area contributed by atoms with E-state index in [-0.39, 0.29) is 0 Å². The predicted molar refractivity (Wildman–Crippen MR) is 85.0 cm³/mol. The van der Waals surface area contributed by atoms with E-state index in [1.165, 1.54) is 0 Å². The summed E-state index contributed by atoms with van der Waals surface area (Å²) in [5.74, 6) is 0. The average Bonchev–Trinajstić information content (AvgIpc) is 3.07. The molecule has 5 nitrogen and oxygen atoms in total. The number of anilines is 1. The molecule has 9 heteroatoms. The van der Waals surface area contributed by atoms with E-state index in [2.05, 4.69) is 15.1 Å². The maximum Gasteiger partial charge on any atom is 0.445 e. The van der Waals surface area contributed by atoms with Crippen molar-refractivity contribution in [2.45, 2.75) is 12.3 Å². The van der Waals surface area contributed by atoms with Crippen molar-refractivity contribution in [2.24, 2.45) is 0 Å². The maximum atomic E-state index is 12.6. The lowest BCUT2D eigenvalue weighted by molar-refractivity contribution is -0.138. The minimum absolute atomic E-state index is 0.297. The summed E-state index contributed by atoms with van der Waals surface area (Å²) >= 11 is 0.569. The lowest BCUT2D eigenvalue weighted by Crippen LogP contribution is -2.47. The van der Waals surface area contributed by atoms with Crippen LogP contribution < -0.4 is 4.90 Å². The molecule has 1 aromatic heterocycles. The molecule has 1 saturated heterocycles. The van der Waals surface area contributed by atoms with Gasteiger partial charge in [0.05, 0.1) is 6.10 Å². The predicted octanol–water partition coefficient (Wildman–Crippen LogP) is 2.41. The Morgan fingerprint density at radius 1 is 1.08 bits per heavy atom. The van der Waals surface area contributed by atoms with Gasteiger partial charge in [-0.2, -0.15) is 13.2 Å². The fourth-order valence-electron chi connectivity index (χ4n) is 2.60. The summed E-state index contributed by atoms with van der Waals surface area (Å²) in [5.41, 5.74) is 0.860. The van der Waals surface area contributed by atoms with Gasteiger partial charge in [0.25, 0.3) is 0 Å². The van der Waals surface area contributed by atoms with Crippen LogP contribution in [0.1, 0.15) is 16.7 Å². The summed E-state index contributed by atoms with van der Waals surface area (Å²) in [7, 11) is 0. The van der Waals surface area contributed by atoms with E-state index in [1.807, 2.05) is 30.3 Å². The number of nitrogens with zero attached hydrogens (tertiary/aromatic N) is 4. The number of piperazine rings is 1. The maximum absolute atomic E-state index is 12.6. The summed E-state index contributed by atoms with van der Waals surface area (Å²) in [6.45, 7) is 2.94. The van der Waals surface area contributed by atoms with Crippen LogP contribution in [0.4, 0.5) is 18.3 Å². The Bertz CT molecular complexity index is 656. The molecule has 1 aliphatic rings. The molecule has 0 aliphatic carbocycles. The molecule has 0 bridgehead atoms. The Morgan fingerprint density at radius 3 is 2.33 bits per heavy atom. The molecule has 0 radical (unpaired) electrons. The van der Waals surface area contributed by atoms with Crippen LogP contribution in [0.3, 0.4) is 0 Å². The standard InChI is InChI=1S/C15H17F3N4OS/c16-15(17,18)13-19-20-14(24-13)22-8-6-21(7-9-22)10-12(23)11-4-2-1-3-5-11/h1-5,12,23H,6-10H2/t12-/m0/s1. The number of rotatable bonds is 4. The van der Waals surface area contributed by atoms with Gasteiger partial charge < -0.3 is 10.0 Å². The molecular formula is C15H17F3N4OS. The smallest absolute Gasteiger partial charge is 0.387 e. The number of hydrogen-bond donors (Lipinski definition) is 1. The van der Waals surface area contributed by atoms with E-state index < -0.39 is 17.3 Å². The van der Waals surface area contributed by atoms with Gasteiger partial charge in [-0.1, -0.05) is 41.7 Å². The lowest BCUT2D eigenvalue weighted by atomic mass is 10.1. The molecule has 24 heavy (non-hydrogen) atoms. The number of alkyl halides is 3. The highest BCUT2D eigenvalue weighted by molar-refractivity contribution is 7.15. The highest BCUT2D eigenvalue weighted by Gasteiger charge is 2.36. The Kier molecular flexibility index (Phi) is 5.02. The highest BCUT2D eigenvalue weighted by Crippen LogP contribution is 2.34. The third-order valence-electron chi connectivity index (χ3n) is 3.92. The molecule has 0 spiro atoms. The number of aliphatic hydroxyl groups excluding tert-OH is 1. The molecule has 1 aliphatic heterocycles. The quantitative estimate of drug-likeness (QED) is 0.910. The Hall–Kier alpha value is -1.71. The van der Waals surface area contributed by atoms with E-state index in [0.29, 0.717) is 49.2 Å². The molecule has 0 amide bonds. The summed E-state index contributed by atoms with van der Waals surface area (Å²) in [5, 5.41) is 16.5. The molecule has 2 aromatic rings. The third kappa shape index (κ3) is 4.03. The number of aliphatic hydroxyl groups is 1. The van der Waals surface area contributed by atoms with Crippen molar-refractivity contribution in [3.05, 3.63) is 40.9 Å². The van der Waals surface area contributed by atoms with Crippen molar-refractivity contribution in [2.75, 3.05) is 37.6 Å². The average molecular weight is 358 g/mol. The summed E-state index contributed by atoms with van der Waals surface area (Å²) in [6.07, 6.45) is -5.02. The molecule has 1 aromatic carbocycles. The second kappa shape index (κ2) is 7.04. The third-order valence-corrected chi connectivity index (χ3v) is 4.94. The van der Waals surface area contributed by atoms with Crippen LogP contribution in [0.2, 0.25) is 0 Å². The lowest BCUT2D eigenvalue weighted by Gasteiger charge is -2.35. The van der Waals surface area contributed by atoms with Crippen LogP contribution in [0.5, 0.6) is 0 Å². The van der Waals surface area contributed by atoms with Crippen molar-refractivity contribution < 1.29 is 18.3 Å². The zero-order valence-corrected chi connectivity index (χ0v) is 13.6. The molecule has 130 valence electrons. The van der Waals surface area contributed by atoms with Crippen LogP contribution in [-0.2, 0) is 6.18 Å². The first-order valence-corrected chi connectivity index (χ1v) is 8.36. The SMILES string of the molecule is O[C@@H](CN1CCN(c2nnc(C(F)(F)F)s2)CC1)c1ccccc1. The first-order valence-electron chi connectivity index (χ1n) is 7.54. The van der Waals surface area contributed by atoms with Crippen molar-refractivity contribution in [3.63, 3.8) is 0 Å². The van der Waals surface area contributed by atoms with Gasteiger partial charge in [-0.05, 0) is 5.56 Å². The van der Waals surface area contributed by atoms with Crippen LogP contribution >= 0.6 is 11.3 Å². The fraction of sp³-hybridized carbons (Fsp3) is 0.467. The fourth-order valence-corrected chi connectivity index (χ4v) is 3.37. The second-order valence-corrected chi connectivity index (χ2v) is 6.56. The van der Waals surface area contributed by atoms with Crippen LogP contribution in [0, 0.1) is 0 Å². The second-order valence-electron chi connectivity index (χ2n) is 5.60. The molecule has 1 atom stereocenters. The van der Waals surface area contributed by atoms with E-state index in [9.17, 15) is 18.3 Å². The Labute approximate surface area is 141 Å². The number of β-amino-alcohol motifs (C(OH)–C–C–N with tert-alkyl or cyclic N) is 1. The van der Waals surface area contributed by atoms with Gasteiger partial charge in [0.1, 0.15) is 0 Å². The van der Waals surface area contributed by atoms with Crippen LogP contribution in [0.15, 0.2) is 30.3 Å². The summed E-state index contributed by atoms with van der Waals surface area (Å²) in [6, 6.07) is 9.41. The van der Waals surface area contributed by atoms with Crippen molar-refractivity contribution >= 4 is 16.5 Å². The highest BCUT2D eigenvalue weighted by atomic mass is 32.1. The van der Waals surface area contributed by atoms with Crippen LogP contribution in [0.25, 0.3) is 0 Å². The van der Waals surface area contributed by atoms with Crippen LogP contribution in [-0.4, -0.2) is 52.9 Å². The number of hydrogen-bond acceptors (Lipinski definition) is 6. The van der Waals surface area contributed by atoms with Gasteiger partial charge in [0.2, 0.25) is 10.1 Å². The van der Waals surface area contributed by atoms with Crippen molar-refractivity contribution in [1.29, 1.82) is 0 Å². The molecule has 0 unspecified atom stereocenters. The minimum Gasteiger partial charge on any atom is -0.387 e. The number of benzene rings is 1. The van der Waals surface area contributed by atoms with Gasteiger partial charge in [0, 0.05) is 32.7 Å². The van der Waals surface area contributed by atoms with Gasteiger partial charge in [-0.25, -0.2) is 0 Å². The first-order chi connectivity index (χ1) is 11.4. The number of halogens is 3. The summed E-state index contributed by atoms with van der Waals surface area (Å²) in [4.78, 5) is 3.90. The Balaban J connectivity index is 1.53. The van der Waals surface area contributed by atoms with Gasteiger partial charge in [0.15, 0.2) is 0 Å². The minimum atomic E-state index is -4.45. The zero-order valence-electron chi connectivity index (χ0n) is 12.8. The van der Waals surface area contributed by atoms with E-state index in [4.69, 9.17) is 0 Å². The monoisotopic (exact) mass is 358 g/mol. The normalized spacial score (nSPS) is 17.9. The van der Waals surface area contributed by atoms with Gasteiger partial charge >= 0.3 is 6.18 Å². The molecule has 1 N–H and O–H groups in total. The first kappa shape index (κ1) is 17.1. The van der Waals surface area contributed by atoms with Crippen molar-refractivity contribution in [1.82, 2.24) is 15.1 Å². The zero-order chi connectivity index (χ0) is 17.2. The topological polar surface area (TPSA) is 52.5 Å². The molecule has 0 saturated carbocycles.